The van der Waals surface area contributed by atoms with Crippen LogP contribution in [0.5, 0.6) is 5.75 Å². The van der Waals surface area contributed by atoms with Gasteiger partial charge in [0.25, 0.3) is 5.56 Å². The van der Waals surface area contributed by atoms with Crippen molar-refractivity contribution in [2.24, 2.45) is 0 Å². The first-order valence-electron chi connectivity index (χ1n) is 10.6. The maximum atomic E-state index is 13.5. The van der Waals surface area contributed by atoms with Crippen molar-refractivity contribution in [2.75, 3.05) is 17.7 Å². The van der Waals surface area contributed by atoms with E-state index in [0.717, 1.165) is 11.8 Å². The molecule has 0 fully saturated rings. The summed E-state index contributed by atoms with van der Waals surface area (Å²) in [6.45, 7) is 2.32. The summed E-state index contributed by atoms with van der Waals surface area (Å²) in [7, 11) is 0. The number of aromatic amines is 2. The van der Waals surface area contributed by atoms with Crippen molar-refractivity contribution >= 4 is 23.4 Å². The zero-order valence-corrected chi connectivity index (χ0v) is 19.4. The van der Waals surface area contributed by atoms with Crippen molar-refractivity contribution in [3.05, 3.63) is 92.8 Å². The minimum Gasteiger partial charge on any atom is -0.492 e. The Bertz CT molecular complexity index is 1420. The smallest absolute Gasteiger partial charge is 0.325 e. The summed E-state index contributed by atoms with van der Waals surface area (Å²) in [5.41, 5.74) is 0.257. The van der Waals surface area contributed by atoms with Crippen LogP contribution >= 0.6 is 11.8 Å². The lowest BCUT2D eigenvalue weighted by atomic mass is 10.2. The number of para-hydroxylation sites is 2. The number of thioether (sulfide) groups is 1. The number of nitrogens with zero attached hydrogens (tertiary/aromatic N) is 3. The maximum absolute atomic E-state index is 13.5. The van der Waals surface area contributed by atoms with Gasteiger partial charge < -0.3 is 15.0 Å². The van der Waals surface area contributed by atoms with Crippen LogP contribution < -0.4 is 21.3 Å². The van der Waals surface area contributed by atoms with Gasteiger partial charge in [0, 0.05) is 23.9 Å². The van der Waals surface area contributed by atoms with Gasteiger partial charge in [-0.05, 0) is 43.3 Å². The molecule has 0 saturated carbocycles. The van der Waals surface area contributed by atoms with Crippen LogP contribution in [0, 0.1) is 5.82 Å². The van der Waals surface area contributed by atoms with Crippen LogP contribution in [0.3, 0.4) is 0 Å². The lowest BCUT2D eigenvalue weighted by Gasteiger charge is -2.12. The van der Waals surface area contributed by atoms with Crippen LogP contribution in [0.2, 0.25) is 0 Å². The first-order chi connectivity index (χ1) is 16.9. The second-order valence-corrected chi connectivity index (χ2v) is 8.21. The molecule has 4 rings (SSSR count). The number of anilines is 1. The fourth-order valence-electron chi connectivity index (χ4n) is 3.31. The van der Waals surface area contributed by atoms with Gasteiger partial charge in [-0.1, -0.05) is 23.9 Å². The van der Waals surface area contributed by atoms with Gasteiger partial charge in [0.2, 0.25) is 5.91 Å². The number of ether oxygens (including phenoxy) is 1. The van der Waals surface area contributed by atoms with Crippen LogP contribution in [0.1, 0.15) is 18.4 Å². The van der Waals surface area contributed by atoms with Gasteiger partial charge >= 0.3 is 5.69 Å². The second-order valence-electron chi connectivity index (χ2n) is 7.27. The number of hydrogen-bond acceptors (Lipinski definition) is 7. The van der Waals surface area contributed by atoms with E-state index in [1.807, 2.05) is 13.0 Å². The largest absolute Gasteiger partial charge is 0.492 e. The molecule has 0 aliphatic rings. The SMILES string of the molecule is CCOc1ccccc1NC(=O)CSc1nnc(Cc2cc(=O)[nH]c(=O)[nH]2)n1-c1ccc(F)cc1. The fraction of sp³-hybridized carbons (Fsp3) is 0.174. The first kappa shape index (κ1) is 24.0. The van der Waals surface area contributed by atoms with Crippen molar-refractivity contribution < 1.29 is 13.9 Å². The molecule has 3 N–H and O–H groups in total. The molecule has 2 aromatic carbocycles. The zero-order chi connectivity index (χ0) is 24.8. The fourth-order valence-corrected chi connectivity index (χ4v) is 4.08. The third-order valence-corrected chi connectivity index (χ3v) is 5.67. The predicted octanol–water partition coefficient (Wildman–Crippen LogP) is 2.50. The van der Waals surface area contributed by atoms with Gasteiger partial charge in [0.1, 0.15) is 17.4 Å². The van der Waals surface area contributed by atoms with Gasteiger partial charge in [-0.3, -0.25) is 19.1 Å². The van der Waals surface area contributed by atoms with Gasteiger partial charge in [-0.15, -0.1) is 10.2 Å². The summed E-state index contributed by atoms with van der Waals surface area (Å²) < 4.78 is 20.7. The minimum atomic E-state index is -0.640. The number of benzene rings is 2. The zero-order valence-electron chi connectivity index (χ0n) is 18.6. The number of carbonyl (C=O) groups is 1. The molecule has 1 amide bonds. The molecular formula is C23H21FN6O4S. The van der Waals surface area contributed by atoms with Crippen LogP contribution in [-0.4, -0.2) is 43.0 Å². The Morgan fingerprint density at radius 1 is 1.11 bits per heavy atom. The summed E-state index contributed by atoms with van der Waals surface area (Å²) in [4.78, 5) is 40.6. The topological polar surface area (TPSA) is 135 Å². The third-order valence-electron chi connectivity index (χ3n) is 4.74. The maximum Gasteiger partial charge on any atom is 0.325 e. The molecule has 0 spiro atoms. The second kappa shape index (κ2) is 10.8. The van der Waals surface area contributed by atoms with E-state index < -0.39 is 17.1 Å². The van der Waals surface area contributed by atoms with Crippen molar-refractivity contribution in [3.8, 4) is 11.4 Å². The number of rotatable bonds is 9. The molecule has 2 heterocycles. The summed E-state index contributed by atoms with van der Waals surface area (Å²) in [5, 5.41) is 11.6. The molecule has 4 aromatic rings. The Kier molecular flexibility index (Phi) is 7.41. The minimum absolute atomic E-state index is 0.0155. The highest BCUT2D eigenvalue weighted by molar-refractivity contribution is 7.99. The quantitative estimate of drug-likeness (QED) is 0.303. The van der Waals surface area contributed by atoms with Gasteiger partial charge in [-0.2, -0.15) is 0 Å². The van der Waals surface area contributed by atoms with Crippen molar-refractivity contribution in [1.29, 1.82) is 0 Å². The molecule has 10 nitrogen and oxygen atoms in total. The summed E-state index contributed by atoms with van der Waals surface area (Å²) in [6.07, 6.45) is 0.0814. The average molecular weight is 497 g/mol. The van der Waals surface area contributed by atoms with Crippen molar-refractivity contribution in [3.63, 3.8) is 0 Å². The first-order valence-corrected chi connectivity index (χ1v) is 11.6. The van der Waals surface area contributed by atoms with Crippen LogP contribution in [0.4, 0.5) is 10.1 Å². The molecule has 0 bridgehead atoms. The van der Waals surface area contributed by atoms with Crippen LogP contribution in [0.25, 0.3) is 5.69 Å². The standard InChI is InChI=1S/C23H21FN6O4S/c1-2-34-18-6-4-3-5-17(18)26-21(32)13-35-23-29-28-19(11-15-12-20(31)27-22(33)25-15)30(23)16-9-7-14(24)8-10-16/h3-10,12H,2,11,13H2,1H3,(H,26,32)(H2,25,27,31,33). The number of hydrogen-bond donors (Lipinski definition) is 3. The Hall–Kier alpha value is -4.19. The molecular weight excluding hydrogens is 475 g/mol. The molecule has 2 aromatic heterocycles. The van der Waals surface area contributed by atoms with E-state index in [4.69, 9.17) is 4.74 Å². The highest BCUT2D eigenvalue weighted by Gasteiger charge is 2.18. The van der Waals surface area contributed by atoms with E-state index in [2.05, 4.69) is 25.5 Å². The number of nitrogens with one attached hydrogen (secondary N) is 3. The number of H-pyrrole nitrogens is 2. The normalized spacial score (nSPS) is 10.8. The van der Waals surface area contributed by atoms with E-state index in [1.165, 1.54) is 18.2 Å². The van der Waals surface area contributed by atoms with Gasteiger partial charge in [0.15, 0.2) is 5.16 Å². The average Bonchev–Trinajstić information content (AvgIpc) is 3.21. The molecule has 0 aliphatic heterocycles. The lowest BCUT2D eigenvalue weighted by molar-refractivity contribution is -0.113. The van der Waals surface area contributed by atoms with Crippen molar-refractivity contribution in [2.45, 2.75) is 18.5 Å². The molecule has 35 heavy (non-hydrogen) atoms. The Morgan fingerprint density at radius 2 is 1.89 bits per heavy atom. The summed E-state index contributed by atoms with van der Waals surface area (Å²) in [6, 6.07) is 14.0. The lowest BCUT2D eigenvalue weighted by Crippen LogP contribution is -2.23. The van der Waals surface area contributed by atoms with E-state index in [-0.39, 0.29) is 18.1 Å². The predicted molar refractivity (Wildman–Crippen MR) is 129 cm³/mol. The number of halogens is 1. The van der Waals surface area contributed by atoms with E-state index >= 15 is 0 Å². The Balaban J connectivity index is 1.57. The molecule has 180 valence electrons. The molecule has 12 heteroatoms. The van der Waals surface area contributed by atoms with Crippen molar-refractivity contribution in [1.82, 2.24) is 24.7 Å². The van der Waals surface area contributed by atoms with E-state index in [9.17, 15) is 18.8 Å². The highest BCUT2D eigenvalue weighted by atomic mass is 32.2. The summed E-state index contributed by atoms with van der Waals surface area (Å²) >= 11 is 1.13. The van der Waals surface area contributed by atoms with Crippen LogP contribution in [-0.2, 0) is 11.2 Å². The molecule has 0 saturated heterocycles. The molecule has 0 atom stereocenters. The Morgan fingerprint density at radius 3 is 2.63 bits per heavy atom. The van der Waals surface area contributed by atoms with E-state index in [1.54, 1.807) is 34.9 Å². The number of carbonyl (C=O) groups excluding carboxylic acids is 1. The monoisotopic (exact) mass is 496 g/mol. The molecule has 0 unspecified atom stereocenters. The third kappa shape index (κ3) is 6.03. The van der Waals surface area contributed by atoms with E-state index in [0.29, 0.717) is 40.4 Å². The Labute approximate surface area is 202 Å². The highest BCUT2D eigenvalue weighted by Crippen LogP contribution is 2.26. The van der Waals surface area contributed by atoms with Gasteiger partial charge in [-0.25, -0.2) is 9.18 Å². The molecule has 0 radical (unpaired) electrons. The van der Waals surface area contributed by atoms with Gasteiger partial charge in [0.05, 0.1) is 18.0 Å². The number of aromatic nitrogens is 5. The van der Waals surface area contributed by atoms with Crippen LogP contribution in [0.15, 0.2) is 69.3 Å². The molecule has 0 aliphatic carbocycles. The summed E-state index contributed by atoms with van der Waals surface area (Å²) in [5.74, 6) is 0.279. The number of amides is 1.